The predicted molar refractivity (Wildman–Crippen MR) is 97.6 cm³/mol. The molecule has 2 saturated heterocycles. The second-order valence-electron chi connectivity index (χ2n) is 7.52. The lowest BCUT2D eigenvalue weighted by atomic mass is 9.99. The maximum absolute atomic E-state index is 12.2. The topological polar surface area (TPSA) is 44.4 Å². The third-order valence-corrected chi connectivity index (χ3v) is 5.60. The van der Waals surface area contributed by atoms with Crippen molar-refractivity contribution in [2.45, 2.75) is 45.2 Å². The fourth-order valence-electron chi connectivity index (χ4n) is 4.00. The van der Waals surface area contributed by atoms with Gasteiger partial charge in [-0.15, -0.1) is 0 Å². The highest BCUT2D eigenvalue weighted by Gasteiger charge is 2.28. The van der Waals surface area contributed by atoms with Gasteiger partial charge in [0.1, 0.15) is 0 Å². The first-order valence-corrected chi connectivity index (χ1v) is 9.47. The van der Waals surface area contributed by atoms with Gasteiger partial charge in [-0.25, -0.2) is 0 Å². The van der Waals surface area contributed by atoms with Crippen LogP contribution < -0.4 is 10.6 Å². The first-order valence-electron chi connectivity index (χ1n) is 9.47. The minimum Gasteiger partial charge on any atom is -0.353 e. The van der Waals surface area contributed by atoms with Crippen molar-refractivity contribution < 1.29 is 4.79 Å². The summed E-state index contributed by atoms with van der Waals surface area (Å²) in [6.07, 6.45) is 4.11. The summed E-state index contributed by atoms with van der Waals surface area (Å²) < 4.78 is 0. The number of likely N-dealkylation sites (tertiary alicyclic amines) is 1. The van der Waals surface area contributed by atoms with Crippen molar-refractivity contribution in [1.82, 2.24) is 15.5 Å². The monoisotopic (exact) mass is 329 g/mol. The van der Waals surface area contributed by atoms with Crippen LogP contribution in [0.15, 0.2) is 30.3 Å². The Labute approximate surface area is 146 Å². The van der Waals surface area contributed by atoms with Gasteiger partial charge in [0.2, 0.25) is 5.91 Å². The van der Waals surface area contributed by atoms with Gasteiger partial charge in [-0.3, -0.25) is 9.69 Å². The Kier molecular flexibility index (Phi) is 6.27. The molecule has 2 N–H and O–H groups in total. The van der Waals surface area contributed by atoms with Gasteiger partial charge >= 0.3 is 0 Å². The first kappa shape index (κ1) is 17.4. The largest absolute Gasteiger partial charge is 0.353 e. The van der Waals surface area contributed by atoms with Crippen molar-refractivity contribution in [3.05, 3.63) is 35.9 Å². The number of carbonyl (C=O) groups excluding carboxylic acids is 1. The summed E-state index contributed by atoms with van der Waals surface area (Å²) in [5.74, 6) is 1.50. The number of hydrogen-bond donors (Lipinski definition) is 2. The average Bonchev–Trinajstić information content (AvgIpc) is 3.25. The molecule has 4 nitrogen and oxygen atoms in total. The summed E-state index contributed by atoms with van der Waals surface area (Å²) in [6, 6.07) is 10.9. The molecule has 3 rings (SSSR count). The van der Waals surface area contributed by atoms with Crippen molar-refractivity contribution in [2.75, 3.05) is 26.2 Å². The van der Waals surface area contributed by atoms with Gasteiger partial charge in [0.05, 0.1) is 0 Å². The van der Waals surface area contributed by atoms with Crippen LogP contribution in [0.1, 0.15) is 38.2 Å². The second kappa shape index (κ2) is 8.63. The lowest BCUT2D eigenvalue weighted by Gasteiger charge is -2.22. The highest BCUT2D eigenvalue weighted by atomic mass is 16.1. The summed E-state index contributed by atoms with van der Waals surface area (Å²) in [6.45, 7) is 7.61. The summed E-state index contributed by atoms with van der Waals surface area (Å²) in [7, 11) is 0. The van der Waals surface area contributed by atoms with Crippen LogP contribution in [0.2, 0.25) is 0 Å². The third-order valence-electron chi connectivity index (χ3n) is 5.60. The zero-order valence-electron chi connectivity index (χ0n) is 14.8. The lowest BCUT2D eigenvalue weighted by molar-refractivity contribution is -0.122. The van der Waals surface area contributed by atoms with Crippen LogP contribution in [0, 0.1) is 11.8 Å². The van der Waals surface area contributed by atoms with Gasteiger partial charge < -0.3 is 10.6 Å². The summed E-state index contributed by atoms with van der Waals surface area (Å²) in [5.41, 5.74) is 1.38. The molecule has 2 aliphatic heterocycles. The molecule has 0 aromatic heterocycles. The van der Waals surface area contributed by atoms with Gasteiger partial charge in [-0.1, -0.05) is 30.3 Å². The van der Waals surface area contributed by atoms with E-state index in [1.54, 1.807) is 0 Å². The Hall–Kier alpha value is -1.39. The normalized spacial score (nSPS) is 25.7. The molecular formula is C20H31N3O. The summed E-state index contributed by atoms with van der Waals surface area (Å²) in [5, 5.41) is 6.61. The Morgan fingerprint density at radius 2 is 2.17 bits per heavy atom. The van der Waals surface area contributed by atoms with Crippen molar-refractivity contribution >= 4 is 5.91 Å². The van der Waals surface area contributed by atoms with Gasteiger partial charge in [0.25, 0.3) is 0 Å². The van der Waals surface area contributed by atoms with Crippen molar-refractivity contribution in [3.8, 4) is 0 Å². The minimum atomic E-state index is 0.232. The van der Waals surface area contributed by atoms with E-state index in [2.05, 4.69) is 52.8 Å². The van der Waals surface area contributed by atoms with Crippen LogP contribution in [0.3, 0.4) is 0 Å². The quantitative estimate of drug-likeness (QED) is 0.807. The van der Waals surface area contributed by atoms with Crippen molar-refractivity contribution in [1.29, 1.82) is 0 Å². The lowest BCUT2D eigenvalue weighted by Crippen LogP contribution is -2.39. The van der Waals surface area contributed by atoms with Gasteiger partial charge in [-0.2, -0.15) is 0 Å². The number of rotatable bonds is 7. The molecule has 0 aliphatic carbocycles. The summed E-state index contributed by atoms with van der Waals surface area (Å²) >= 11 is 0. The van der Waals surface area contributed by atoms with Crippen LogP contribution in [0.4, 0.5) is 0 Å². The molecule has 4 heteroatoms. The predicted octanol–water partition coefficient (Wildman–Crippen LogP) is 2.40. The Balaban J connectivity index is 1.37. The van der Waals surface area contributed by atoms with Crippen LogP contribution in [-0.4, -0.2) is 43.0 Å². The van der Waals surface area contributed by atoms with E-state index in [1.165, 1.54) is 18.4 Å². The molecule has 0 radical (unpaired) electrons. The molecule has 0 spiro atoms. The molecule has 24 heavy (non-hydrogen) atoms. The van der Waals surface area contributed by atoms with Gasteiger partial charge in [0.15, 0.2) is 0 Å². The minimum absolute atomic E-state index is 0.232. The number of hydrogen-bond acceptors (Lipinski definition) is 3. The first-order chi connectivity index (χ1) is 11.7. The average molecular weight is 329 g/mol. The van der Waals surface area contributed by atoms with E-state index in [1.807, 2.05) is 0 Å². The van der Waals surface area contributed by atoms with E-state index >= 15 is 0 Å². The number of nitrogens with one attached hydrogen (secondary N) is 2. The van der Waals surface area contributed by atoms with Crippen LogP contribution in [0.5, 0.6) is 0 Å². The number of nitrogens with zero attached hydrogens (tertiary/aromatic N) is 1. The molecule has 2 fully saturated rings. The third kappa shape index (κ3) is 5.05. The Morgan fingerprint density at radius 3 is 2.92 bits per heavy atom. The van der Waals surface area contributed by atoms with E-state index in [-0.39, 0.29) is 11.9 Å². The molecule has 1 amide bonds. The van der Waals surface area contributed by atoms with Crippen LogP contribution in [-0.2, 0) is 11.3 Å². The highest BCUT2D eigenvalue weighted by molar-refractivity contribution is 5.76. The van der Waals surface area contributed by atoms with Crippen molar-refractivity contribution in [2.24, 2.45) is 11.8 Å². The van der Waals surface area contributed by atoms with Gasteiger partial charge in [-0.05, 0) is 63.2 Å². The molecule has 0 bridgehead atoms. The summed E-state index contributed by atoms with van der Waals surface area (Å²) in [4.78, 5) is 14.7. The van der Waals surface area contributed by atoms with Gasteiger partial charge in [0, 0.05) is 25.6 Å². The number of carbonyl (C=O) groups is 1. The maximum Gasteiger partial charge on any atom is 0.220 e. The second-order valence-corrected chi connectivity index (χ2v) is 7.52. The van der Waals surface area contributed by atoms with E-state index < -0.39 is 0 Å². The molecule has 2 aliphatic rings. The number of benzene rings is 1. The molecule has 1 aromatic rings. The SMILES string of the molecule is CC(NC(=O)CCC1CCNC1)C1CCN(Cc2ccccc2)C1. The highest BCUT2D eigenvalue weighted by Crippen LogP contribution is 2.22. The van der Waals surface area contributed by atoms with E-state index in [4.69, 9.17) is 0 Å². The smallest absolute Gasteiger partial charge is 0.220 e. The Morgan fingerprint density at radius 1 is 1.33 bits per heavy atom. The molecule has 0 saturated carbocycles. The van der Waals surface area contributed by atoms with Crippen molar-refractivity contribution in [3.63, 3.8) is 0 Å². The fourth-order valence-corrected chi connectivity index (χ4v) is 4.00. The Bertz CT molecular complexity index is 513. The van der Waals surface area contributed by atoms with Crippen LogP contribution in [0.25, 0.3) is 0 Å². The maximum atomic E-state index is 12.2. The molecule has 2 heterocycles. The fraction of sp³-hybridized carbons (Fsp3) is 0.650. The van der Waals surface area contributed by atoms with E-state index in [0.29, 0.717) is 18.3 Å². The molecule has 3 atom stereocenters. The standard InChI is InChI=1S/C20H31N3O/c1-16(22-20(24)8-7-17-9-11-21-13-17)19-10-12-23(15-19)14-18-5-3-2-4-6-18/h2-6,16-17,19,21H,7-15H2,1H3,(H,22,24). The number of amides is 1. The molecule has 1 aromatic carbocycles. The molecular weight excluding hydrogens is 298 g/mol. The molecule has 3 unspecified atom stereocenters. The molecule has 132 valence electrons. The van der Waals surface area contributed by atoms with Crippen LogP contribution >= 0.6 is 0 Å². The zero-order valence-corrected chi connectivity index (χ0v) is 14.8. The van der Waals surface area contributed by atoms with E-state index in [9.17, 15) is 4.79 Å². The van der Waals surface area contributed by atoms with E-state index in [0.717, 1.165) is 39.1 Å². The zero-order chi connectivity index (χ0) is 16.8.